The Morgan fingerprint density at radius 2 is 2.05 bits per heavy atom. The molecule has 3 N–H and O–H groups in total. The van der Waals surface area contributed by atoms with Gasteiger partial charge in [-0.15, -0.1) is 0 Å². The third kappa shape index (κ3) is 3.73. The minimum Gasteiger partial charge on any atom is -0.494 e. The van der Waals surface area contributed by atoms with E-state index in [-0.39, 0.29) is 11.4 Å². The van der Waals surface area contributed by atoms with Crippen molar-refractivity contribution in [3.05, 3.63) is 29.8 Å². The maximum absolute atomic E-state index is 12.1. The first-order valence-corrected chi connectivity index (χ1v) is 7.30. The number of amides is 1. The van der Waals surface area contributed by atoms with Crippen molar-refractivity contribution in [2.75, 3.05) is 13.2 Å². The lowest BCUT2D eigenvalue weighted by atomic mass is 9.95. The molecular formula is C16H24N2O2. The molecule has 20 heavy (non-hydrogen) atoms. The van der Waals surface area contributed by atoms with Crippen LogP contribution in [0.1, 0.15) is 32.3 Å². The lowest BCUT2D eigenvalue weighted by Crippen LogP contribution is -2.53. The molecule has 0 bridgehead atoms. The minimum atomic E-state index is -0.248. The Labute approximate surface area is 120 Å². The molecule has 1 aliphatic carbocycles. The van der Waals surface area contributed by atoms with E-state index in [1.807, 2.05) is 38.1 Å². The van der Waals surface area contributed by atoms with E-state index in [1.54, 1.807) is 0 Å². The predicted molar refractivity (Wildman–Crippen MR) is 79.6 cm³/mol. The highest BCUT2D eigenvalue weighted by Crippen LogP contribution is 2.38. The van der Waals surface area contributed by atoms with Crippen LogP contribution >= 0.6 is 0 Å². The average molecular weight is 276 g/mol. The summed E-state index contributed by atoms with van der Waals surface area (Å²) in [7, 11) is 0. The summed E-state index contributed by atoms with van der Waals surface area (Å²) in [6.07, 6.45) is 2.71. The molecule has 0 aliphatic heterocycles. The van der Waals surface area contributed by atoms with Crippen LogP contribution in [0.5, 0.6) is 5.75 Å². The molecule has 2 rings (SSSR count). The van der Waals surface area contributed by atoms with Crippen molar-refractivity contribution < 1.29 is 9.53 Å². The highest BCUT2D eigenvalue weighted by Gasteiger charge is 2.41. The summed E-state index contributed by atoms with van der Waals surface area (Å²) < 4.78 is 5.39. The number of nitrogens with two attached hydrogens (primary N) is 1. The van der Waals surface area contributed by atoms with Gasteiger partial charge in [-0.25, -0.2) is 0 Å². The van der Waals surface area contributed by atoms with Crippen molar-refractivity contribution in [2.24, 2.45) is 11.7 Å². The molecule has 1 aliphatic rings. The van der Waals surface area contributed by atoms with Crippen molar-refractivity contribution in [2.45, 2.75) is 38.6 Å². The van der Waals surface area contributed by atoms with Gasteiger partial charge in [-0.3, -0.25) is 4.79 Å². The Morgan fingerprint density at radius 1 is 1.40 bits per heavy atom. The van der Waals surface area contributed by atoms with E-state index in [1.165, 1.54) is 0 Å². The van der Waals surface area contributed by atoms with Crippen molar-refractivity contribution in [1.82, 2.24) is 5.32 Å². The van der Waals surface area contributed by atoms with Gasteiger partial charge in [0.05, 0.1) is 18.6 Å². The molecule has 1 amide bonds. The molecule has 110 valence electrons. The summed E-state index contributed by atoms with van der Waals surface area (Å²) in [6.45, 7) is 5.14. The first-order valence-electron chi connectivity index (χ1n) is 7.30. The quantitative estimate of drug-likeness (QED) is 0.799. The number of carbonyl (C=O) groups is 1. The van der Waals surface area contributed by atoms with Crippen LogP contribution < -0.4 is 15.8 Å². The summed E-state index contributed by atoms with van der Waals surface area (Å²) >= 11 is 0. The van der Waals surface area contributed by atoms with Gasteiger partial charge < -0.3 is 15.8 Å². The fourth-order valence-electron chi connectivity index (χ4n) is 2.46. The molecule has 1 atom stereocenters. The SMILES string of the molecule is CCOc1ccc(CC(=O)NC(C)(CN)C2CC2)cc1. The standard InChI is InChI=1S/C16H24N2O2/c1-3-20-14-8-4-12(5-9-14)10-15(19)18-16(2,11-17)13-6-7-13/h4-5,8-9,13H,3,6-7,10-11,17H2,1-2H3,(H,18,19). The van der Waals surface area contributed by atoms with Gasteiger partial charge in [-0.2, -0.15) is 0 Å². The molecule has 4 heteroatoms. The van der Waals surface area contributed by atoms with Crippen molar-refractivity contribution in [3.8, 4) is 5.75 Å². The third-order valence-corrected chi connectivity index (χ3v) is 3.93. The minimum absolute atomic E-state index is 0.0361. The summed E-state index contributed by atoms with van der Waals surface area (Å²) in [4.78, 5) is 12.1. The zero-order valence-corrected chi connectivity index (χ0v) is 12.3. The Morgan fingerprint density at radius 3 is 2.55 bits per heavy atom. The largest absolute Gasteiger partial charge is 0.494 e. The number of hydrogen-bond donors (Lipinski definition) is 2. The molecule has 1 fully saturated rings. The van der Waals surface area contributed by atoms with Crippen LogP contribution in [-0.2, 0) is 11.2 Å². The van der Waals surface area contributed by atoms with Crippen LogP contribution in [0.25, 0.3) is 0 Å². The molecule has 1 saturated carbocycles. The number of nitrogens with one attached hydrogen (secondary N) is 1. The molecule has 0 saturated heterocycles. The monoisotopic (exact) mass is 276 g/mol. The number of benzene rings is 1. The van der Waals surface area contributed by atoms with Crippen molar-refractivity contribution >= 4 is 5.91 Å². The Kier molecular flexibility index (Phi) is 4.65. The molecular weight excluding hydrogens is 252 g/mol. The van der Waals surface area contributed by atoms with Gasteiger partial charge in [0.2, 0.25) is 5.91 Å². The molecule has 1 unspecified atom stereocenters. The highest BCUT2D eigenvalue weighted by molar-refractivity contribution is 5.79. The molecule has 1 aromatic rings. The van der Waals surface area contributed by atoms with E-state index in [9.17, 15) is 4.79 Å². The van der Waals surface area contributed by atoms with Crippen LogP contribution in [0.2, 0.25) is 0 Å². The lowest BCUT2D eigenvalue weighted by molar-refractivity contribution is -0.122. The first-order chi connectivity index (χ1) is 9.57. The summed E-state index contributed by atoms with van der Waals surface area (Å²) in [5.41, 5.74) is 6.55. The van der Waals surface area contributed by atoms with E-state index < -0.39 is 0 Å². The summed E-state index contributed by atoms with van der Waals surface area (Å²) in [5, 5.41) is 3.10. The maximum Gasteiger partial charge on any atom is 0.224 e. The second kappa shape index (κ2) is 6.27. The molecule has 0 aromatic heterocycles. The fourth-order valence-corrected chi connectivity index (χ4v) is 2.46. The Hall–Kier alpha value is -1.55. The van der Waals surface area contributed by atoms with Gasteiger partial charge in [0.15, 0.2) is 0 Å². The average Bonchev–Trinajstić information content (AvgIpc) is 3.26. The maximum atomic E-state index is 12.1. The number of ether oxygens (including phenoxy) is 1. The van der Waals surface area contributed by atoms with E-state index in [0.29, 0.717) is 25.5 Å². The van der Waals surface area contributed by atoms with Gasteiger partial charge in [-0.05, 0) is 50.3 Å². The van der Waals surface area contributed by atoms with Gasteiger partial charge in [0.25, 0.3) is 0 Å². The zero-order chi connectivity index (χ0) is 14.6. The van der Waals surface area contributed by atoms with Crippen molar-refractivity contribution in [3.63, 3.8) is 0 Å². The van der Waals surface area contributed by atoms with E-state index in [2.05, 4.69) is 5.32 Å². The third-order valence-electron chi connectivity index (χ3n) is 3.93. The molecule has 0 spiro atoms. The molecule has 0 radical (unpaired) electrons. The lowest BCUT2D eigenvalue weighted by Gasteiger charge is -2.29. The fraction of sp³-hybridized carbons (Fsp3) is 0.562. The van der Waals surface area contributed by atoms with E-state index in [4.69, 9.17) is 10.5 Å². The highest BCUT2D eigenvalue weighted by atomic mass is 16.5. The van der Waals surface area contributed by atoms with Gasteiger partial charge in [0, 0.05) is 6.54 Å². The van der Waals surface area contributed by atoms with Crippen LogP contribution in [0, 0.1) is 5.92 Å². The van der Waals surface area contributed by atoms with Crippen LogP contribution in [0.3, 0.4) is 0 Å². The van der Waals surface area contributed by atoms with Crippen LogP contribution in [0.15, 0.2) is 24.3 Å². The predicted octanol–water partition coefficient (Wildman–Crippen LogP) is 1.87. The van der Waals surface area contributed by atoms with Gasteiger partial charge in [0.1, 0.15) is 5.75 Å². The Balaban J connectivity index is 1.90. The van der Waals surface area contributed by atoms with Gasteiger partial charge >= 0.3 is 0 Å². The van der Waals surface area contributed by atoms with Gasteiger partial charge in [-0.1, -0.05) is 12.1 Å². The van der Waals surface area contributed by atoms with E-state index >= 15 is 0 Å². The Bertz CT molecular complexity index is 454. The first kappa shape index (κ1) is 14.9. The zero-order valence-electron chi connectivity index (χ0n) is 12.3. The second-order valence-corrected chi connectivity index (χ2v) is 5.70. The van der Waals surface area contributed by atoms with Crippen molar-refractivity contribution in [1.29, 1.82) is 0 Å². The summed E-state index contributed by atoms with van der Waals surface area (Å²) in [5.74, 6) is 1.41. The molecule has 4 nitrogen and oxygen atoms in total. The number of rotatable bonds is 7. The topological polar surface area (TPSA) is 64.3 Å². The second-order valence-electron chi connectivity index (χ2n) is 5.70. The molecule has 1 aromatic carbocycles. The van der Waals surface area contributed by atoms with Crippen LogP contribution in [0.4, 0.5) is 0 Å². The molecule has 0 heterocycles. The number of hydrogen-bond acceptors (Lipinski definition) is 3. The smallest absolute Gasteiger partial charge is 0.224 e. The number of carbonyl (C=O) groups excluding carboxylic acids is 1. The summed E-state index contributed by atoms with van der Waals surface area (Å²) in [6, 6.07) is 7.66. The normalized spacial score (nSPS) is 17.4. The van der Waals surface area contributed by atoms with E-state index in [0.717, 1.165) is 24.2 Å². The van der Waals surface area contributed by atoms with Crippen LogP contribution in [-0.4, -0.2) is 24.6 Å².